The van der Waals surface area contributed by atoms with Gasteiger partial charge in [0.1, 0.15) is 6.42 Å². The summed E-state index contributed by atoms with van der Waals surface area (Å²) in [6, 6.07) is 6.90. The summed E-state index contributed by atoms with van der Waals surface area (Å²) < 4.78 is 4.63. The normalized spacial score (nSPS) is 20.5. The first-order chi connectivity index (χ1) is 11.0. The largest absolute Gasteiger partial charge is 0.469 e. The summed E-state index contributed by atoms with van der Waals surface area (Å²) in [6.07, 6.45) is -0.0324. The fourth-order valence-corrected chi connectivity index (χ4v) is 2.64. The van der Waals surface area contributed by atoms with Crippen LogP contribution in [0.25, 0.3) is 0 Å². The number of hydrogen-bond acceptors (Lipinski definition) is 4. The van der Waals surface area contributed by atoms with Crippen LogP contribution in [0.3, 0.4) is 0 Å². The van der Waals surface area contributed by atoms with E-state index in [2.05, 4.69) is 15.4 Å². The lowest BCUT2D eigenvalue weighted by atomic mass is 10.1. The van der Waals surface area contributed by atoms with Crippen molar-refractivity contribution < 1.29 is 24.0 Å². The summed E-state index contributed by atoms with van der Waals surface area (Å²) in [5, 5.41) is 5.58. The van der Waals surface area contributed by atoms with E-state index >= 15 is 0 Å². The van der Waals surface area contributed by atoms with Gasteiger partial charge in [-0.3, -0.25) is 14.4 Å². The second kappa shape index (κ2) is 7.73. The molecule has 1 aliphatic rings. The molecule has 124 valence electrons. The Hall–Kier alpha value is -2.41. The standard InChI is InChI=1S/C16H21N3O4/c1-11-5-3-4-6-12(11)18-14(20)10-19-8-7-17-16(22)13(19)9-15(21)23-2/h3-6,13H,7-10H2,1-2H3,(H,17,22)(H,18,20)/p+1/t13-/m1/s1. The molecule has 2 amide bonds. The number of carbonyl (C=O) groups excluding carboxylic acids is 3. The number of ether oxygens (including phenoxy) is 1. The van der Waals surface area contributed by atoms with Crippen LogP contribution in [-0.4, -0.2) is 50.6 Å². The Morgan fingerprint density at radius 3 is 2.83 bits per heavy atom. The number of rotatable bonds is 5. The summed E-state index contributed by atoms with van der Waals surface area (Å²) in [5.41, 5.74) is 1.72. The number of methoxy groups -OCH3 is 1. The highest BCUT2D eigenvalue weighted by atomic mass is 16.5. The van der Waals surface area contributed by atoms with Crippen molar-refractivity contribution >= 4 is 23.5 Å². The van der Waals surface area contributed by atoms with E-state index in [-0.39, 0.29) is 24.8 Å². The minimum Gasteiger partial charge on any atom is -0.469 e. The number of para-hydroxylation sites is 1. The van der Waals surface area contributed by atoms with E-state index in [1.165, 1.54) is 7.11 Å². The molecule has 1 heterocycles. The van der Waals surface area contributed by atoms with Gasteiger partial charge in [-0.25, -0.2) is 0 Å². The van der Waals surface area contributed by atoms with Gasteiger partial charge >= 0.3 is 5.97 Å². The Balaban J connectivity index is 2.01. The predicted molar refractivity (Wildman–Crippen MR) is 83.9 cm³/mol. The van der Waals surface area contributed by atoms with E-state index in [9.17, 15) is 14.4 Å². The van der Waals surface area contributed by atoms with E-state index in [0.717, 1.165) is 16.2 Å². The molecule has 2 atom stereocenters. The molecule has 2 rings (SSSR count). The molecule has 7 nitrogen and oxygen atoms in total. The molecule has 1 unspecified atom stereocenters. The van der Waals surface area contributed by atoms with Crippen LogP contribution in [0.5, 0.6) is 0 Å². The van der Waals surface area contributed by atoms with Crippen LogP contribution < -0.4 is 15.5 Å². The third-order valence-electron chi connectivity index (χ3n) is 3.96. The summed E-state index contributed by atoms with van der Waals surface area (Å²) in [7, 11) is 1.29. The smallest absolute Gasteiger partial charge is 0.312 e. The van der Waals surface area contributed by atoms with E-state index in [1.54, 1.807) is 0 Å². The van der Waals surface area contributed by atoms with Crippen molar-refractivity contribution in [1.29, 1.82) is 0 Å². The van der Waals surface area contributed by atoms with Crippen molar-refractivity contribution in [3.8, 4) is 0 Å². The topological polar surface area (TPSA) is 88.9 Å². The van der Waals surface area contributed by atoms with Crippen molar-refractivity contribution in [2.24, 2.45) is 0 Å². The zero-order valence-corrected chi connectivity index (χ0v) is 13.3. The number of quaternary nitrogens is 1. The molecule has 3 N–H and O–H groups in total. The fraction of sp³-hybridized carbons (Fsp3) is 0.438. The van der Waals surface area contributed by atoms with Crippen molar-refractivity contribution in [2.45, 2.75) is 19.4 Å². The lowest BCUT2D eigenvalue weighted by Crippen LogP contribution is -3.20. The van der Waals surface area contributed by atoms with Crippen LogP contribution in [0.4, 0.5) is 5.69 Å². The Morgan fingerprint density at radius 2 is 2.13 bits per heavy atom. The molecule has 1 aromatic carbocycles. The van der Waals surface area contributed by atoms with E-state index in [4.69, 9.17) is 0 Å². The van der Waals surface area contributed by atoms with Crippen LogP contribution in [0.15, 0.2) is 24.3 Å². The number of hydrogen-bond donors (Lipinski definition) is 3. The molecular weight excluding hydrogens is 298 g/mol. The van der Waals surface area contributed by atoms with Gasteiger partial charge in [0, 0.05) is 5.69 Å². The Bertz CT molecular complexity index is 603. The maximum Gasteiger partial charge on any atom is 0.312 e. The van der Waals surface area contributed by atoms with Gasteiger partial charge in [0.15, 0.2) is 12.6 Å². The Labute approximate surface area is 135 Å². The quantitative estimate of drug-likeness (QED) is 0.600. The number of piperazine rings is 1. The number of nitrogens with one attached hydrogen (secondary N) is 3. The highest BCUT2D eigenvalue weighted by molar-refractivity contribution is 5.92. The van der Waals surface area contributed by atoms with Crippen molar-refractivity contribution in [3.05, 3.63) is 29.8 Å². The van der Waals surface area contributed by atoms with Gasteiger partial charge in [0.25, 0.3) is 11.8 Å². The minimum atomic E-state index is -0.598. The fourth-order valence-electron chi connectivity index (χ4n) is 2.64. The van der Waals surface area contributed by atoms with Crippen molar-refractivity contribution in [1.82, 2.24) is 5.32 Å². The first-order valence-electron chi connectivity index (χ1n) is 7.56. The number of aryl methyl sites for hydroxylation is 1. The molecule has 0 saturated carbocycles. The van der Waals surface area contributed by atoms with Crippen LogP contribution in [0.2, 0.25) is 0 Å². The predicted octanol–water partition coefficient (Wildman–Crippen LogP) is -1.12. The lowest BCUT2D eigenvalue weighted by Gasteiger charge is -2.30. The van der Waals surface area contributed by atoms with Crippen LogP contribution in [0, 0.1) is 6.92 Å². The molecule has 0 bridgehead atoms. The molecule has 0 aromatic heterocycles. The summed E-state index contributed by atoms with van der Waals surface area (Å²) in [4.78, 5) is 36.5. The van der Waals surface area contributed by atoms with Gasteiger partial charge in [0.05, 0.1) is 20.2 Å². The van der Waals surface area contributed by atoms with E-state index in [1.807, 2.05) is 31.2 Å². The molecule has 1 saturated heterocycles. The van der Waals surface area contributed by atoms with Gasteiger partial charge in [-0.1, -0.05) is 18.2 Å². The molecule has 0 radical (unpaired) electrons. The van der Waals surface area contributed by atoms with Gasteiger partial charge in [-0.05, 0) is 18.6 Å². The van der Waals surface area contributed by atoms with E-state index < -0.39 is 12.0 Å². The van der Waals surface area contributed by atoms with Crippen LogP contribution in [0.1, 0.15) is 12.0 Å². The van der Waals surface area contributed by atoms with Crippen molar-refractivity contribution in [2.75, 3.05) is 32.1 Å². The second-order valence-electron chi connectivity index (χ2n) is 5.57. The summed E-state index contributed by atoms with van der Waals surface area (Å²) in [5.74, 6) is -0.858. The van der Waals surface area contributed by atoms with Crippen LogP contribution in [-0.2, 0) is 19.1 Å². The monoisotopic (exact) mass is 320 g/mol. The Kier molecular flexibility index (Phi) is 5.70. The maximum atomic E-state index is 12.3. The van der Waals surface area contributed by atoms with Crippen molar-refractivity contribution in [3.63, 3.8) is 0 Å². The van der Waals surface area contributed by atoms with Gasteiger partial charge in [0.2, 0.25) is 0 Å². The lowest BCUT2D eigenvalue weighted by molar-refractivity contribution is -0.909. The highest BCUT2D eigenvalue weighted by Crippen LogP contribution is 2.12. The average molecular weight is 320 g/mol. The summed E-state index contributed by atoms with van der Waals surface area (Å²) >= 11 is 0. The zero-order valence-electron chi connectivity index (χ0n) is 13.3. The average Bonchev–Trinajstić information content (AvgIpc) is 2.52. The molecule has 1 aromatic rings. The summed E-state index contributed by atoms with van der Waals surface area (Å²) in [6.45, 7) is 3.12. The van der Waals surface area contributed by atoms with E-state index in [0.29, 0.717) is 13.1 Å². The molecule has 1 fully saturated rings. The molecular formula is C16H22N3O4+. The van der Waals surface area contributed by atoms with Gasteiger partial charge in [-0.2, -0.15) is 0 Å². The maximum absolute atomic E-state index is 12.3. The van der Waals surface area contributed by atoms with Gasteiger partial charge in [-0.15, -0.1) is 0 Å². The molecule has 23 heavy (non-hydrogen) atoms. The third-order valence-corrected chi connectivity index (χ3v) is 3.96. The second-order valence-corrected chi connectivity index (χ2v) is 5.57. The first-order valence-corrected chi connectivity index (χ1v) is 7.56. The number of esters is 1. The molecule has 7 heteroatoms. The van der Waals surface area contributed by atoms with Gasteiger partial charge < -0.3 is 20.3 Å². The molecule has 0 spiro atoms. The number of anilines is 1. The third kappa shape index (κ3) is 4.53. The number of amides is 2. The first kappa shape index (κ1) is 17.0. The van der Waals surface area contributed by atoms with Crippen LogP contribution >= 0.6 is 0 Å². The number of carbonyl (C=O) groups is 3. The minimum absolute atomic E-state index is 0.0324. The highest BCUT2D eigenvalue weighted by Gasteiger charge is 2.36. The molecule has 1 aliphatic heterocycles. The number of benzene rings is 1. The zero-order chi connectivity index (χ0) is 16.8. The Morgan fingerprint density at radius 1 is 1.39 bits per heavy atom. The SMILES string of the molecule is COC(=O)C[C@@H]1C(=O)NCC[NH+]1CC(=O)Nc1ccccc1C. The molecule has 0 aliphatic carbocycles.